The number of hydrogen-bond donors (Lipinski definition) is 3. The number of benzene rings is 4. The van der Waals surface area contributed by atoms with Crippen molar-refractivity contribution in [1.82, 2.24) is 39.8 Å². The van der Waals surface area contributed by atoms with Gasteiger partial charge in [-0.1, -0.05) is 66.2 Å². The molecular formula is C62H72Cl2FN11O10S. The van der Waals surface area contributed by atoms with E-state index in [1.54, 1.807) is 40.3 Å². The summed E-state index contributed by atoms with van der Waals surface area (Å²) in [7, 11) is 1.69. The number of nitrogens with zero attached hydrogens (tertiary/aromatic N) is 9. The Balaban J connectivity index is 0.602. The van der Waals surface area contributed by atoms with E-state index in [2.05, 4.69) is 46.2 Å². The number of thiophene rings is 1. The maximum Gasteiger partial charge on any atom is 0.246 e. The molecule has 4 aromatic carbocycles. The molecule has 2 aliphatic heterocycles. The lowest BCUT2D eigenvalue weighted by atomic mass is 9.96. The number of likely N-dealkylation sites (N-methyl/N-ethyl adjacent to an activating group) is 1. The SMILES string of the molecule is C=CC(=O)N1CCN(c2nc(NCCC(=O)N(C)CCOCCOCCOCCOCCOCCOCCNC(=O)CC3N=C(c4ccc(Cl)cc4)c4c(sc(C)c4C)-n4c(C)nnc43)nc3c(F)c(-c4cc(O)cc5ccccc45)c(Cl)cc23)CC1. The third kappa shape index (κ3) is 16.3. The number of anilines is 2. The van der Waals surface area contributed by atoms with Gasteiger partial charge < -0.3 is 58.9 Å². The molecule has 0 saturated carbocycles. The zero-order valence-corrected chi connectivity index (χ0v) is 51.6. The minimum Gasteiger partial charge on any atom is -0.508 e. The highest BCUT2D eigenvalue weighted by Crippen LogP contribution is 2.43. The zero-order valence-electron chi connectivity index (χ0n) is 49.3. The number of phenols is 1. The molecule has 1 fully saturated rings. The lowest BCUT2D eigenvalue weighted by Crippen LogP contribution is -2.48. The molecule has 9 rings (SSSR count). The number of piperazine rings is 1. The molecule has 1 atom stereocenters. The number of aromatic hydroxyl groups is 1. The Kier molecular flexibility index (Phi) is 23.0. The molecule has 5 heterocycles. The standard InChI is InChI=1S/C62H72Cl2FN11O10S/c1-6-52(79)74-18-20-75(21-19-74)59-48-37-49(64)55(47-36-45(77)35-43-9-7-8-10-46(43)47)56(65)58(48)69-62(70-59)67-16-15-53(80)73(5)22-24-82-26-28-84-30-32-86-34-33-85-31-29-83-27-25-81-23-17-66-51(78)38-50-60-72-71-41(4)76(60)61-54(39(2)40(3)87-61)57(68-50)42-11-13-44(63)14-12-42/h6-14,35-37,50,77H,1,15-34,38H2,2-5H3,(H,66,78)(H,67,69,70). The van der Waals surface area contributed by atoms with Crippen molar-refractivity contribution in [3.63, 3.8) is 0 Å². The van der Waals surface area contributed by atoms with Crippen molar-refractivity contribution in [2.24, 2.45) is 4.99 Å². The molecule has 3 aromatic heterocycles. The number of halogens is 3. The Morgan fingerprint density at radius 2 is 1.44 bits per heavy atom. The van der Waals surface area contributed by atoms with Gasteiger partial charge >= 0.3 is 0 Å². The summed E-state index contributed by atoms with van der Waals surface area (Å²) in [6, 6.07) is 19.1. The Labute approximate surface area is 518 Å². The predicted octanol–water partition coefficient (Wildman–Crippen LogP) is 8.46. The van der Waals surface area contributed by atoms with Crippen molar-refractivity contribution < 1.29 is 52.3 Å². The van der Waals surface area contributed by atoms with E-state index in [4.69, 9.17) is 61.6 Å². The molecule has 0 radical (unpaired) electrons. The number of aromatic nitrogens is 5. The third-order valence-corrected chi connectivity index (χ3v) is 16.6. The van der Waals surface area contributed by atoms with E-state index in [9.17, 15) is 19.5 Å². The summed E-state index contributed by atoms with van der Waals surface area (Å²) in [5, 5.41) is 29.1. The van der Waals surface area contributed by atoms with Crippen LogP contribution in [-0.2, 0) is 42.8 Å². The number of phenolic OH excluding ortho intramolecular Hbond substituents is 1. The number of aryl methyl sites for hydroxylation is 2. The second-order valence-electron chi connectivity index (χ2n) is 20.7. The fourth-order valence-electron chi connectivity index (χ4n) is 10.2. The van der Waals surface area contributed by atoms with E-state index in [-0.39, 0.29) is 64.9 Å². The molecule has 3 N–H and O–H groups in total. The first-order chi connectivity index (χ1) is 42.2. The van der Waals surface area contributed by atoms with Gasteiger partial charge in [0.1, 0.15) is 34.0 Å². The Bertz CT molecular complexity index is 3580. The van der Waals surface area contributed by atoms with Gasteiger partial charge in [-0.15, -0.1) is 21.5 Å². The number of hydrogen-bond acceptors (Lipinski definition) is 18. The highest BCUT2D eigenvalue weighted by molar-refractivity contribution is 7.15. The van der Waals surface area contributed by atoms with E-state index in [1.807, 2.05) is 64.9 Å². The van der Waals surface area contributed by atoms with Gasteiger partial charge in [-0.25, -0.2) is 9.37 Å². The van der Waals surface area contributed by atoms with Gasteiger partial charge in [0.25, 0.3) is 0 Å². The van der Waals surface area contributed by atoms with Crippen LogP contribution in [0.15, 0.2) is 84.4 Å². The average molecular weight is 1250 g/mol. The summed E-state index contributed by atoms with van der Waals surface area (Å²) in [5.74, 6) is 0.658. The minimum absolute atomic E-state index is 0.00814. The lowest BCUT2D eigenvalue weighted by Gasteiger charge is -2.35. The summed E-state index contributed by atoms with van der Waals surface area (Å²) in [6.07, 6.45) is 1.46. The number of nitrogens with one attached hydrogen (secondary N) is 2. The van der Waals surface area contributed by atoms with Crippen LogP contribution < -0.4 is 15.5 Å². The van der Waals surface area contributed by atoms with Crippen LogP contribution in [0.4, 0.5) is 16.2 Å². The predicted molar refractivity (Wildman–Crippen MR) is 335 cm³/mol. The summed E-state index contributed by atoms with van der Waals surface area (Å²) in [4.78, 5) is 59.7. The Morgan fingerprint density at radius 3 is 2.10 bits per heavy atom. The number of fused-ring (bicyclic) bond motifs is 5. The van der Waals surface area contributed by atoms with Crippen molar-refractivity contribution in [1.29, 1.82) is 0 Å². The van der Waals surface area contributed by atoms with Crippen LogP contribution in [0.5, 0.6) is 5.75 Å². The number of aliphatic imine (C=N–C) groups is 1. The van der Waals surface area contributed by atoms with Gasteiger partial charge in [0.15, 0.2) is 11.6 Å². The van der Waals surface area contributed by atoms with Gasteiger partial charge in [-0.2, -0.15) is 4.98 Å². The lowest BCUT2D eigenvalue weighted by molar-refractivity contribution is -0.130. The first-order valence-electron chi connectivity index (χ1n) is 28.9. The monoisotopic (exact) mass is 1250 g/mol. The smallest absolute Gasteiger partial charge is 0.246 e. The third-order valence-electron chi connectivity index (χ3n) is 14.8. The van der Waals surface area contributed by atoms with Gasteiger partial charge in [0.2, 0.25) is 23.7 Å². The van der Waals surface area contributed by atoms with Crippen LogP contribution in [0.3, 0.4) is 0 Å². The highest BCUT2D eigenvalue weighted by atomic mass is 35.5. The average Bonchev–Trinajstić information content (AvgIpc) is 1.88. The molecule has 21 nitrogen and oxygen atoms in total. The van der Waals surface area contributed by atoms with E-state index in [0.717, 1.165) is 33.2 Å². The molecule has 87 heavy (non-hydrogen) atoms. The van der Waals surface area contributed by atoms with Crippen LogP contribution in [0, 0.1) is 26.6 Å². The Morgan fingerprint density at radius 1 is 0.793 bits per heavy atom. The first kappa shape index (κ1) is 64.3. The quantitative estimate of drug-likeness (QED) is 0.0273. The summed E-state index contributed by atoms with van der Waals surface area (Å²) in [6.45, 7) is 16.6. The molecule has 0 bridgehead atoms. The topological polar surface area (TPSA) is 229 Å². The maximum absolute atomic E-state index is 17.0. The second kappa shape index (κ2) is 31.1. The molecule has 0 spiro atoms. The fourth-order valence-corrected chi connectivity index (χ4v) is 11.8. The van der Waals surface area contributed by atoms with E-state index in [1.165, 1.54) is 17.0 Å². The fraction of sp³-hybridized carbons (Fsp3) is 0.419. The molecule has 7 aromatic rings. The molecule has 1 saturated heterocycles. The molecule has 3 amide bonds. The van der Waals surface area contributed by atoms with Gasteiger partial charge in [-0.05, 0) is 79.1 Å². The largest absolute Gasteiger partial charge is 0.508 e. The van der Waals surface area contributed by atoms with Crippen LogP contribution in [-0.4, -0.2) is 195 Å². The van der Waals surface area contributed by atoms with Crippen molar-refractivity contribution in [3.8, 4) is 21.9 Å². The second-order valence-corrected chi connectivity index (χ2v) is 22.7. The van der Waals surface area contributed by atoms with Crippen molar-refractivity contribution in [2.45, 2.75) is 39.7 Å². The first-order valence-corrected chi connectivity index (χ1v) is 30.4. The van der Waals surface area contributed by atoms with E-state index in [0.29, 0.717) is 157 Å². The summed E-state index contributed by atoms with van der Waals surface area (Å²) in [5.41, 5.74) is 4.33. The molecule has 2 aliphatic rings. The maximum atomic E-state index is 17.0. The van der Waals surface area contributed by atoms with Crippen molar-refractivity contribution in [3.05, 3.63) is 128 Å². The molecule has 462 valence electrons. The molecule has 25 heteroatoms. The molecule has 0 aliphatic carbocycles. The normalized spacial score (nSPS) is 14.0. The summed E-state index contributed by atoms with van der Waals surface area (Å²) >= 11 is 14.8. The van der Waals surface area contributed by atoms with Crippen LogP contribution in [0.2, 0.25) is 10.0 Å². The van der Waals surface area contributed by atoms with Gasteiger partial charge in [0.05, 0.1) is 96.4 Å². The number of carbonyl (C=O) groups excluding carboxylic acids is 3. The summed E-state index contributed by atoms with van der Waals surface area (Å²) < 4.78 is 52.8. The number of carbonyl (C=O) groups is 3. The Hall–Kier alpha value is -7.19. The number of amides is 3. The van der Waals surface area contributed by atoms with Crippen LogP contribution >= 0.6 is 34.5 Å². The highest BCUT2D eigenvalue weighted by Gasteiger charge is 2.33. The number of rotatable bonds is 31. The van der Waals surface area contributed by atoms with Gasteiger partial charge in [-0.3, -0.25) is 23.9 Å². The van der Waals surface area contributed by atoms with E-state index < -0.39 is 11.9 Å². The van der Waals surface area contributed by atoms with E-state index >= 15 is 4.39 Å². The number of ether oxygens (including phenoxy) is 6. The van der Waals surface area contributed by atoms with Gasteiger partial charge in [0, 0.05) is 91.3 Å². The van der Waals surface area contributed by atoms with Crippen molar-refractivity contribution in [2.75, 3.05) is 142 Å². The van der Waals surface area contributed by atoms with Crippen LogP contribution in [0.25, 0.3) is 37.8 Å². The van der Waals surface area contributed by atoms with Crippen molar-refractivity contribution >= 4 is 91.4 Å². The zero-order chi connectivity index (χ0) is 61.4. The van der Waals surface area contributed by atoms with Crippen LogP contribution in [0.1, 0.15) is 52.1 Å². The minimum atomic E-state index is -0.690. The molecule has 1 unspecified atom stereocenters. The molecular weight excluding hydrogens is 1180 g/mol.